The van der Waals surface area contributed by atoms with Crippen LogP contribution in [0.3, 0.4) is 0 Å². The highest BCUT2D eigenvalue weighted by Crippen LogP contribution is 1.87. The lowest BCUT2D eigenvalue weighted by atomic mass is 10.3. The molecule has 0 unspecified atom stereocenters. The monoisotopic (exact) mass is 173 g/mol. The first-order valence-electron chi connectivity index (χ1n) is 4.02. The van der Waals surface area contributed by atoms with Gasteiger partial charge in [-0.25, -0.2) is 0 Å². The van der Waals surface area contributed by atoms with Crippen LogP contribution in [0.1, 0.15) is 19.8 Å². The number of hydrogen-bond donors (Lipinski definition) is 1. The third-order valence-corrected chi connectivity index (χ3v) is 1.37. The number of carbonyl (C=O) groups is 2. The molecule has 0 aliphatic rings. The first-order valence-corrected chi connectivity index (χ1v) is 4.02. The zero-order valence-corrected chi connectivity index (χ0v) is 7.55. The first-order chi connectivity index (χ1) is 5.70. The van der Waals surface area contributed by atoms with Crippen LogP contribution in [0.5, 0.6) is 0 Å². The summed E-state index contributed by atoms with van der Waals surface area (Å²) in [7, 11) is 1.75. The topological polar surface area (TPSA) is 55.4 Å². The molecule has 0 rings (SSSR count). The molecule has 0 aromatic carbocycles. The molecule has 0 spiro atoms. The Hall–Kier alpha value is -0.900. The maximum Gasteiger partial charge on any atom is 0.307 e. The fraction of sp³-hybridized carbons (Fsp3) is 0.750. The van der Waals surface area contributed by atoms with Crippen LogP contribution in [0.25, 0.3) is 0 Å². The van der Waals surface area contributed by atoms with Gasteiger partial charge in [-0.3, -0.25) is 9.59 Å². The lowest BCUT2D eigenvalue weighted by Gasteiger charge is -2.01. The minimum absolute atomic E-state index is 0.0483. The Bertz CT molecular complexity index is 156. The zero-order valence-electron chi connectivity index (χ0n) is 7.55. The van der Waals surface area contributed by atoms with Crippen LogP contribution < -0.4 is 5.32 Å². The van der Waals surface area contributed by atoms with Crippen molar-refractivity contribution in [2.45, 2.75) is 19.8 Å². The zero-order chi connectivity index (χ0) is 9.40. The minimum atomic E-state index is -0.328. The van der Waals surface area contributed by atoms with Crippen molar-refractivity contribution in [2.24, 2.45) is 0 Å². The molecule has 0 bridgehead atoms. The average Bonchev–Trinajstić information content (AvgIpc) is 2.10. The van der Waals surface area contributed by atoms with Gasteiger partial charge >= 0.3 is 5.97 Å². The summed E-state index contributed by atoms with van der Waals surface area (Å²) in [4.78, 5) is 21.5. The Morgan fingerprint density at radius 1 is 1.42 bits per heavy atom. The van der Waals surface area contributed by atoms with E-state index in [1.54, 1.807) is 14.0 Å². The largest absolute Gasteiger partial charge is 0.458 e. The molecule has 0 aromatic rings. The summed E-state index contributed by atoms with van der Waals surface area (Å²) >= 11 is 0. The van der Waals surface area contributed by atoms with Gasteiger partial charge in [-0.05, 0) is 7.05 Å². The third kappa shape index (κ3) is 5.85. The molecule has 0 saturated carbocycles. The fourth-order valence-electron chi connectivity index (χ4n) is 0.562. The maximum absolute atomic E-state index is 10.8. The van der Waals surface area contributed by atoms with Gasteiger partial charge in [-0.1, -0.05) is 6.92 Å². The maximum atomic E-state index is 10.8. The highest BCUT2D eigenvalue weighted by molar-refractivity contribution is 5.82. The van der Waals surface area contributed by atoms with Gasteiger partial charge in [0.1, 0.15) is 6.61 Å². The van der Waals surface area contributed by atoms with E-state index >= 15 is 0 Å². The normalized spacial score (nSPS) is 9.50. The second kappa shape index (κ2) is 6.79. The second-order valence-corrected chi connectivity index (χ2v) is 2.41. The van der Waals surface area contributed by atoms with Gasteiger partial charge in [-0.2, -0.15) is 0 Å². The predicted octanol–water partition coefficient (Wildman–Crippen LogP) is 0.118. The van der Waals surface area contributed by atoms with E-state index in [4.69, 9.17) is 0 Å². The lowest BCUT2D eigenvalue weighted by molar-refractivity contribution is -0.147. The summed E-state index contributed by atoms with van der Waals surface area (Å²) in [5.41, 5.74) is 0. The van der Waals surface area contributed by atoms with Crippen molar-refractivity contribution in [3.8, 4) is 0 Å². The van der Waals surface area contributed by atoms with Crippen molar-refractivity contribution in [1.82, 2.24) is 5.32 Å². The molecule has 1 N–H and O–H groups in total. The van der Waals surface area contributed by atoms with Crippen molar-refractivity contribution < 1.29 is 14.3 Å². The van der Waals surface area contributed by atoms with Crippen LogP contribution in [0.4, 0.5) is 0 Å². The van der Waals surface area contributed by atoms with Crippen LogP contribution in [-0.2, 0) is 14.3 Å². The van der Waals surface area contributed by atoms with E-state index in [1.165, 1.54) is 0 Å². The van der Waals surface area contributed by atoms with E-state index in [9.17, 15) is 9.59 Å². The Balaban J connectivity index is 3.37. The number of ketones is 1. The van der Waals surface area contributed by atoms with Crippen molar-refractivity contribution in [3.05, 3.63) is 0 Å². The number of Topliss-reactive ketones (excluding diaryl/α,β-unsaturated/α-hetero) is 1. The summed E-state index contributed by atoms with van der Waals surface area (Å²) in [6, 6.07) is 0. The average molecular weight is 173 g/mol. The molecule has 0 heterocycles. The van der Waals surface area contributed by atoms with Crippen molar-refractivity contribution in [3.63, 3.8) is 0 Å². The standard InChI is InChI=1S/C8H15NO3/c1-3-7(10)6-12-8(11)4-5-9-2/h9H,3-6H2,1-2H3. The predicted molar refractivity (Wildman–Crippen MR) is 44.8 cm³/mol. The van der Waals surface area contributed by atoms with Gasteiger partial charge in [0.05, 0.1) is 6.42 Å². The summed E-state index contributed by atoms with van der Waals surface area (Å²) in [5.74, 6) is -0.376. The molecule has 0 amide bonds. The summed E-state index contributed by atoms with van der Waals surface area (Å²) in [6.07, 6.45) is 0.729. The van der Waals surface area contributed by atoms with Crippen molar-refractivity contribution in [2.75, 3.05) is 20.2 Å². The van der Waals surface area contributed by atoms with Crippen LogP contribution in [-0.4, -0.2) is 32.0 Å². The third-order valence-electron chi connectivity index (χ3n) is 1.37. The molecule has 4 heteroatoms. The Labute approximate surface area is 72.3 Å². The molecule has 0 fully saturated rings. The summed E-state index contributed by atoms with van der Waals surface area (Å²) in [6.45, 7) is 2.24. The first kappa shape index (κ1) is 11.1. The van der Waals surface area contributed by atoms with E-state index in [2.05, 4.69) is 10.1 Å². The fourth-order valence-corrected chi connectivity index (χ4v) is 0.562. The molecule has 0 saturated heterocycles. The van der Waals surface area contributed by atoms with Crippen LogP contribution in [0.15, 0.2) is 0 Å². The molecule has 4 nitrogen and oxygen atoms in total. The Morgan fingerprint density at radius 2 is 2.08 bits per heavy atom. The number of esters is 1. The second-order valence-electron chi connectivity index (χ2n) is 2.41. The van der Waals surface area contributed by atoms with Crippen LogP contribution in [0.2, 0.25) is 0 Å². The molecule has 0 aliphatic carbocycles. The van der Waals surface area contributed by atoms with Gasteiger partial charge in [-0.15, -0.1) is 0 Å². The van der Waals surface area contributed by atoms with Gasteiger partial charge in [0.15, 0.2) is 5.78 Å². The van der Waals surface area contributed by atoms with Crippen LogP contribution in [0, 0.1) is 0 Å². The summed E-state index contributed by atoms with van der Waals surface area (Å²) in [5, 5.41) is 2.81. The van der Waals surface area contributed by atoms with Gasteiger partial charge in [0, 0.05) is 13.0 Å². The van der Waals surface area contributed by atoms with Crippen molar-refractivity contribution in [1.29, 1.82) is 0 Å². The number of rotatable bonds is 6. The molecule has 70 valence electrons. The van der Waals surface area contributed by atoms with E-state index < -0.39 is 0 Å². The number of carbonyl (C=O) groups excluding carboxylic acids is 2. The van der Waals surface area contributed by atoms with Crippen LogP contribution >= 0.6 is 0 Å². The van der Waals surface area contributed by atoms with E-state index in [0.29, 0.717) is 19.4 Å². The Morgan fingerprint density at radius 3 is 2.58 bits per heavy atom. The Kier molecular flexibility index (Phi) is 6.28. The summed E-state index contributed by atoms with van der Waals surface area (Å²) < 4.78 is 4.67. The van der Waals surface area contributed by atoms with Gasteiger partial charge in [0.2, 0.25) is 0 Å². The number of ether oxygens (including phenoxy) is 1. The van der Waals surface area contributed by atoms with Crippen molar-refractivity contribution >= 4 is 11.8 Å². The molecular weight excluding hydrogens is 158 g/mol. The quantitative estimate of drug-likeness (QED) is 0.579. The molecular formula is C8H15NO3. The molecule has 0 atom stereocenters. The van der Waals surface area contributed by atoms with Gasteiger partial charge in [0.25, 0.3) is 0 Å². The minimum Gasteiger partial charge on any atom is -0.458 e. The molecule has 0 radical (unpaired) electrons. The van der Waals surface area contributed by atoms with E-state index in [-0.39, 0.29) is 18.4 Å². The smallest absolute Gasteiger partial charge is 0.307 e. The highest BCUT2D eigenvalue weighted by atomic mass is 16.5. The molecule has 0 aromatic heterocycles. The van der Waals surface area contributed by atoms with Gasteiger partial charge < -0.3 is 10.1 Å². The SMILES string of the molecule is CCC(=O)COC(=O)CCNC. The highest BCUT2D eigenvalue weighted by Gasteiger charge is 2.04. The number of hydrogen-bond acceptors (Lipinski definition) is 4. The molecule has 12 heavy (non-hydrogen) atoms. The number of nitrogens with one attached hydrogen (secondary N) is 1. The molecule has 0 aliphatic heterocycles. The van der Waals surface area contributed by atoms with E-state index in [1.807, 2.05) is 0 Å². The van der Waals surface area contributed by atoms with E-state index in [0.717, 1.165) is 0 Å². The lowest BCUT2D eigenvalue weighted by Crippen LogP contribution is -2.17.